The Bertz CT molecular complexity index is 455. The van der Waals surface area contributed by atoms with Gasteiger partial charge in [-0.15, -0.1) is 0 Å². The molecule has 2 heterocycles. The largest absolute Gasteiger partial charge is 0.473 e. The van der Waals surface area contributed by atoms with Gasteiger partial charge in [-0.05, 0) is 37.8 Å². The predicted molar refractivity (Wildman–Crippen MR) is 76.3 cm³/mol. The number of nitrogens with zero attached hydrogens (tertiary/aromatic N) is 2. The summed E-state index contributed by atoms with van der Waals surface area (Å²) in [5.41, 5.74) is 1.10. The van der Waals surface area contributed by atoms with Crippen molar-refractivity contribution in [1.82, 2.24) is 4.98 Å². The minimum absolute atomic E-state index is 0.288. The average molecular weight is 296 g/mol. The highest BCUT2D eigenvalue weighted by Gasteiger charge is 2.13. The van der Waals surface area contributed by atoms with Crippen molar-refractivity contribution in [2.24, 2.45) is 0 Å². The SMILES string of the molecule is C[C@@H](O)Cc1ccc(N2CCCC2)nc1.O=C(O)C(=O)O. The molecule has 0 spiro atoms. The van der Waals surface area contributed by atoms with Gasteiger partial charge in [0.15, 0.2) is 0 Å². The zero-order chi connectivity index (χ0) is 15.8. The van der Waals surface area contributed by atoms with Crippen molar-refractivity contribution in [2.75, 3.05) is 18.0 Å². The molecule has 0 bridgehead atoms. The molecule has 7 heteroatoms. The maximum absolute atomic E-state index is 9.25. The zero-order valence-electron chi connectivity index (χ0n) is 11.9. The van der Waals surface area contributed by atoms with Gasteiger partial charge < -0.3 is 20.2 Å². The Kier molecular flexibility index (Phi) is 6.61. The molecular weight excluding hydrogens is 276 g/mol. The van der Waals surface area contributed by atoms with Gasteiger partial charge in [0.2, 0.25) is 0 Å². The molecule has 1 aliphatic rings. The normalized spacial score (nSPS) is 15.0. The maximum Gasteiger partial charge on any atom is 0.414 e. The van der Waals surface area contributed by atoms with Gasteiger partial charge in [-0.1, -0.05) is 6.07 Å². The highest BCUT2D eigenvalue weighted by molar-refractivity contribution is 6.27. The first kappa shape index (κ1) is 16.9. The van der Waals surface area contributed by atoms with E-state index in [4.69, 9.17) is 19.8 Å². The van der Waals surface area contributed by atoms with Gasteiger partial charge in [-0.25, -0.2) is 14.6 Å². The summed E-state index contributed by atoms with van der Waals surface area (Å²) in [4.78, 5) is 24.9. The molecule has 0 aromatic carbocycles. The van der Waals surface area contributed by atoms with Crippen LogP contribution in [0.4, 0.5) is 5.82 Å². The smallest absolute Gasteiger partial charge is 0.414 e. The molecule has 2 rings (SSSR count). The first-order valence-corrected chi connectivity index (χ1v) is 6.74. The van der Waals surface area contributed by atoms with Crippen molar-refractivity contribution in [2.45, 2.75) is 32.3 Å². The third-order valence-corrected chi connectivity index (χ3v) is 2.95. The van der Waals surface area contributed by atoms with Crippen LogP contribution in [0.3, 0.4) is 0 Å². The van der Waals surface area contributed by atoms with E-state index in [0.29, 0.717) is 6.42 Å². The number of carboxylic acids is 2. The van der Waals surface area contributed by atoms with E-state index in [1.165, 1.54) is 12.8 Å². The number of aliphatic hydroxyl groups is 1. The number of anilines is 1. The van der Waals surface area contributed by atoms with Gasteiger partial charge in [0.25, 0.3) is 0 Å². The number of hydrogen-bond acceptors (Lipinski definition) is 5. The molecule has 21 heavy (non-hydrogen) atoms. The lowest BCUT2D eigenvalue weighted by Crippen LogP contribution is -2.18. The molecule has 0 amide bonds. The van der Waals surface area contributed by atoms with Crippen LogP contribution in [0.1, 0.15) is 25.3 Å². The van der Waals surface area contributed by atoms with Crippen LogP contribution in [0, 0.1) is 0 Å². The maximum atomic E-state index is 9.25. The van der Waals surface area contributed by atoms with Gasteiger partial charge >= 0.3 is 11.9 Å². The molecule has 1 fully saturated rings. The van der Waals surface area contributed by atoms with Crippen LogP contribution in [0.5, 0.6) is 0 Å². The molecule has 1 aromatic heterocycles. The van der Waals surface area contributed by atoms with Gasteiger partial charge in [-0.2, -0.15) is 0 Å². The third-order valence-electron chi connectivity index (χ3n) is 2.95. The van der Waals surface area contributed by atoms with E-state index in [2.05, 4.69) is 22.0 Å². The fourth-order valence-corrected chi connectivity index (χ4v) is 2.01. The number of pyridine rings is 1. The molecular formula is C14H20N2O5. The molecule has 7 nitrogen and oxygen atoms in total. The van der Waals surface area contributed by atoms with E-state index in [9.17, 15) is 5.11 Å². The Balaban J connectivity index is 0.000000315. The van der Waals surface area contributed by atoms with E-state index >= 15 is 0 Å². The second-order valence-electron chi connectivity index (χ2n) is 4.88. The summed E-state index contributed by atoms with van der Waals surface area (Å²) in [7, 11) is 0. The Labute approximate surface area is 122 Å². The molecule has 1 saturated heterocycles. The van der Waals surface area contributed by atoms with Crippen LogP contribution in [-0.4, -0.2) is 51.4 Å². The summed E-state index contributed by atoms with van der Waals surface area (Å²) >= 11 is 0. The number of aromatic nitrogens is 1. The summed E-state index contributed by atoms with van der Waals surface area (Å²) in [5, 5.41) is 24.0. The second kappa shape index (κ2) is 8.21. The molecule has 3 N–H and O–H groups in total. The summed E-state index contributed by atoms with van der Waals surface area (Å²) in [6.07, 6.45) is 4.83. The van der Waals surface area contributed by atoms with Crippen LogP contribution < -0.4 is 4.90 Å². The Morgan fingerprint density at radius 2 is 1.81 bits per heavy atom. The molecule has 0 saturated carbocycles. The minimum Gasteiger partial charge on any atom is -0.473 e. The summed E-state index contributed by atoms with van der Waals surface area (Å²) in [6.45, 7) is 4.06. The quantitative estimate of drug-likeness (QED) is 0.706. The second-order valence-corrected chi connectivity index (χ2v) is 4.88. The highest BCUT2D eigenvalue weighted by Crippen LogP contribution is 2.17. The Hall–Kier alpha value is -2.15. The lowest BCUT2D eigenvalue weighted by atomic mass is 10.1. The molecule has 1 atom stereocenters. The van der Waals surface area contributed by atoms with Crippen LogP contribution in [0.2, 0.25) is 0 Å². The number of rotatable bonds is 3. The predicted octanol–water partition coefficient (Wildman–Crippen LogP) is 0.761. The van der Waals surface area contributed by atoms with Crippen molar-refractivity contribution in [3.8, 4) is 0 Å². The summed E-state index contributed by atoms with van der Waals surface area (Å²) in [6, 6.07) is 4.12. The number of carbonyl (C=O) groups is 2. The van der Waals surface area contributed by atoms with Crippen LogP contribution in [0.25, 0.3) is 0 Å². The minimum atomic E-state index is -1.82. The average Bonchev–Trinajstić information content (AvgIpc) is 2.93. The van der Waals surface area contributed by atoms with E-state index < -0.39 is 11.9 Å². The van der Waals surface area contributed by atoms with Crippen molar-refractivity contribution in [3.63, 3.8) is 0 Å². The van der Waals surface area contributed by atoms with Crippen molar-refractivity contribution in [3.05, 3.63) is 23.9 Å². The molecule has 0 aliphatic carbocycles. The lowest BCUT2D eigenvalue weighted by Gasteiger charge is -2.16. The molecule has 1 aromatic rings. The zero-order valence-corrected chi connectivity index (χ0v) is 11.9. The number of aliphatic hydroxyl groups excluding tert-OH is 1. The molecule has 1 aliphatic heterocycles. The van der Waals surface area contributed by atoms with E-state index in [0.717, 1.165) is 24.5 Å². The van der Waals surface area contributed by atoms with E-state index in [1.807, 2.05) is 6.20 Å². The van der Waals surface area contributed by atoms with Crippen molar-refractivity contribution in [1.29, 1.82) is 0 Å². The summed E-state index contributed by atoms with van der Waals surface area (Å²) < 4.78 is 0. The number of aliphatic carboxylic acids is 2. The van der Waals surface area contributed by atoms with Crippen molar-refractivity contribution < 1.29 is 24.9 Å². The topological polar surface area (TPSA) is 111 Å². The third kappa shape index (κ3) is 6.22. The molecule has 0 unspecified atom stereocenters. The molecule has 0 radical (unpaired) electrons. The van der Waals surface area contributed by atoms with Gasteiger partial charge in [-0.3, -0.25) is 0 Å². The number of carboxylic acid groups (broad SMARTS) is 2. The first-order valence-electron chi connectivity index (χ1n) is 6.74. The van der Waals surface area contributed by atoms with Crippen molar-refractivity contribution >= 4 is 17.8 Å². The van der Waals surface area contributed by atoms with Crippen LogP contribution in [0.15, 0.2) is 18.3 Å². The van der Waals surface area contributed by atoms with Gasteiger partial charge in [0.1, 0.15) is 5.82 Å². The van der Waals surface area contributed by atoms with Crippen LogP contribution in [-0.2, 0) is 16.0 Å². The highest BCUT2D eigenvalue weighted by atomic mass is 16.4. The van der Waals surface area contributed by atoms with Crippen LogP contribution >= 0.6 is 0 Å². The lowest BCUT2D eigenvalue weighted by molar-refractivity contribution is -0.159. The molecule has 116 valence electrons. The van der Waals surface area contributed by atoms with Gasteiger partial charge in [0.05, 0.1) is 6.10 Å². The monoisotopic (exact) mass is 296 g/mol. The Morgan fingerprint density at radius 1 is 1.24 bits per heavy atom. The fraction of sp³-hybridized carbons (Fsp3) is 0.500. The summed E-state index contributed by atoms with van der Waals surface area (Å²) in [5.74, 6) is -2.58. The van der Waals surface area contributed by atoms with E-state index in [-0.39, 0.29) is 6.10 Å². The fourth-order valence-electron chi connectivity index (χ4n) is 2.01. The Morgan fingerprint density at radius 3 is 2.19 bits per heavy atom. The van der Waals surface area contributed by atoms with E-state index in [1.54, 1.807) is 6.92 Å². The first-order chi connectivity index (χ1) is 9.90. The number of hydrogen-bond donors (Lipinski definition) is 3. The van der Waals surface area contributed by atoms with Gasteiger partial charge in [0, 0.05) is 19.3 Å². The standard InChI is InChI=1S/C12H18N2O.C2H2O4/c1-10(15)8-11-4-5-12(13-9-11)14-6-2-3-7-14;3-1(4)2(5)6/h4-5,9-10,15H,2-3,6-8H2,1H3;(H,3,4)(H,5,6)/t10-;/m1./s1.